The van der Waals surface area contributed by atoms with Crippen molar-refractivity contribution in [3.63, 3.8) is 0 Å². The number of hydrogen-bond donors (Lipinski definition) is 4. The normalized spacial score (nSPS) is 10.2. The summed E-state index contributed by atoms with van der Waals surface area (Å²) in [6, 6.07) is 11.4. The summed E-state index contributed by atoms with van der Waals surface area (Å²) in [6.07, 6.45) is 0. The van der Waals surface area contributed by atoms with E-state index in [1.54, 1.807) is 0 Å². The molecule has 0 aliphatic rings. The predicted molar refractivity (Wildman–Crippen MR) is 144 cm³/mol. The molecule has 0 saturated carbocycles. The number of rotatable bonds is 4. The first kappa shape index (κ1) is 35.9. The van der Waals surface area contributed by atoms with Crippen LogP contribution in [0.5, 0.6) is 0 Å². The predicted octanol–water partition coefficient (Wildman–Crippen LogP) is 1.94. The first-order valence-electron chi connectivity index (χ1n) is 9.35. The SMILES string of the molecule is O=C(O)c1ccc2c3ccc(C(=O)O)c4c(C(=O)O)ccc(c5ccc(C(=O)O)c1c25)c43.[KH].[KH].[KH].[KH]. The molecule has 5 rings (SSSR count). The van der Waals surface area contributed by atoms with E-state index in [1.165, 1.54) is 48.5 Å². The van der Waals surface area contributed by atoms with Crippen molar-refractivity contribution < 1.29 is 39.6 Å². The average Bonchev–Trinajstić information content (AvgIpc) is 2.75. The molecule has 5 aromatic rings. The second-order valence-electron chi connectivity index (χ2n) is 7.36. The van der Waals surface area contributed by atoms with Gasteiger partial charge in [0, 0.05) is 10.8 Å². The number of carboxylic acid groups (broad SMARTS) is 4. The van der Waals surface area contributed by atoms with Crippen LogP contribution in [-0.4, -0.2) is 250 Å². The zero-order valence-corrected chi connectivity index (χ0v) is 16.0. The van der Waals surface area contributed by atoms with Crippen molar-refractivity contribution in [1.29, 1.82) is 0 Å². The van der Waals surface area contributed by atoms with E-state index in [2.05, 4.69) is 0 Å². The Morgan fingerprint density at radius 2 is 0.556 bits per heavy atom. The third kappa shape index (κ3) is 5.90. The Kier molecular flexibility index (Phi) is 14.1. The van der Waals surface area contributed by atoms with E-state index < -0.39 is 23.9 Å². The molecule has 0 atom stereocenters. The number of carbonyl (C=O) groups is 4. The van der Waals surface area contributed by atoms with E-state index in [4.69, 9.17) is 0 Å². The number of aromatic carboxylic acids is 4. The summed E-state index contributed by atoms with van der Waals surface area (Å²) in [4.78, 5) is 47.5. The maximum atomic E-state index is 11.9. The number of fused-ring (bicyclic) bond motifs is 2. The van der Waals surface area contributed by atoms with Crippen molar-refractivity contribution in [2.24, 2.45) is 0 Å². The monoisotopic (exact) mass is 588 g/mol. The van der Waals surface area contributed by atoms with Crippen LogP contribution in [0.2, 0.25) is 0 Å². The number of carboxylic acids is 4. The van der Waals surface area contributed by atoms with Gasteiger partial charge in [-0.2, -0.15) is 0 Å². The molecule has 0 saturated heterocycles. The molecule has 12 heteroatoms. The fourth-order valence-corrected chi connectivity index (χ4v) is 4.60. The maximum absolute atomic E-state index is 11.9. The van der Waals surface area contributed by atoms with Crippen molar-refractivity contribution >= 4 is 273 Å². The van der Waals surface area contributed by atoms with Crippen LogP contribution in [0.15, 0.2) is 48.5 Å². The van der Waals surface area contributed by atoms with E-state index in [0.29, 0.717) is 32.3 Å². The van der Waals surface area contributed by atoms with Gasteiger partial charge in [0.25, 0.3) is 0 Å². The summed E-state index contributed by atoms with van der Waals surface area (Å²) in [7, 11) is 0. The molecule has 0 heterocycles. The van der Waals surface area contributed by atoms with E-state index in [9.17, 15) is 39.6 Å². The standard InChI is InChI=1S/C24H12O8.4K.4H/c25-21(26)13-5-1-9-10-2-6-15(23(29)30)20-16(24(31)32)8-4-12(18(10)20)11-3-7-14(22(27)28)19(13)17(9)11;;;;;;;;/h1-8H,(H,25,26)(H,27,28)(H,29,30)(H,31,32);;;;;;;;. The van der Waals surface area contributed by atoms with E-state index in [-0.39, 0.29) is 239 Å². The molecule has 0 amide bonds. The van der Waals surface area contributed by atoms with Crippen LogP contribution in [0, 0.1) is 0 Å². The van der Waals surface area contributed by atoms with Crippen LogP contribution in [0.4, 0.5) is 0 Å². The molecular weight excluding hydrogens is 573 g/mol. The van der Waals surface area contributed by atoms with E-state index >= 15 is 0 Å². The molecule has 0 fully saturated rings. The Labute approximate surface area is 373 Å². The molecule has 0 aromatic heterocycles. The van der Waals surface area contributed by atoms with Gasteiger partial charge in [-0.05, 0) is 56.6 Å². The van der Waals surface area contributed by atoms with Gasteiger partial charge in [0.1, 0.15) is 0 Å². The number of benzene rings is 5. The van der Waals surface area contributed by atoms with Gasteiger partial charge in [0.15, 0.2) is 0 Å². The molecule has 0 unspecified atom stereocenters. The van der Waals surface area contributed by atoms with Gasteiger partial charge >= 0.3 is 229 Å². The van der Waals surface area contributed by atoms with Gasteiger partial charge in [0.05, 0.1) is 22.3 Å². The van der Waals surface area contributed by atoms with Gasteiger partial charge < -0.3 is 20.4 Å². The molecule has 8 nitrogen and oxygen atoms in total. The van der Waals surface area contributed by atoms with Crippen LogP contribution in [0.25, 0.3) is 43.1 Å². The molecule has 0 radical (unpaired) electrons. The topological polar surface area (TPSA) is 149 Å². The van der Waals surface area contributed by atoms with Crippen molar-refractivity contribution in [2.75, 3.05) is 0 Å². The Morgan fingerprint density at radius 3 is 0.722 bits per heavy atom. The van der Waals surface area contributed by atoms with Crippen molar-refractivity contribution in [1.82, 2.24) is 0 Å². The second-order valence-corrected chi connectivity index (χ2v) is 7.36. The van der Waals surface area contributed by atoms with Crippen LogP contribution < -0.4 is 0 Å². The van der Waals surface area contributed by atoms with Crippen LogP contribution in [0.3, 0.4) is 0 Å². The Bertz CT molecular complexity index is 1460. The minimum atomic E-state index is -1.28. The summed E-state index contributed by atoms with van der Waals surface area (Å²) < 4.78 is 0. The number of hydrogen-bond acceptors (Lipinski definition) is 4. The quantitative estimate of drug-likeness (QED) is 0.141. The Hall–Kier alpha value is 1.83. The Balaban J connectivity index is 0.00000162. The molecule has 0 bridgehead atoms. The van der Waals surface area contributed by atoms with Gasteiger partial charge in [-0.1, -0.05) is 24.3 Å². The fourth-order valence-electron chi connectivity index (χ4n) is 4.60. The molecular formula is C24H16K4O8. The summed E-state index contributed by atoms with van der Waals surface area (Å²) in [5.41, 5.74) is -0.696. The van der Waals surface area contributed by atoms with Gasteiger partial charge in [0.2, 0.25) is 0 Å². The second kappa shape index (κ2) is 14.1. The molecule has 4 N–H and O–H groups in total. The van der Waals surface area contributed by atoms with E-state index in [1.807, 2.05) is 0 Å². The fraction of sp³-hybridized carbons (Fsp3) is 0. The zero-order valence-electron chi connectivity index (χ0n) is 16.0. The molecule has 0 spiro atoms. The third-order valence-electron chi connectivity index (χ3n) is 5.82. The van der Waals surface area contributed by atoms with Gasteiger partial charge in [-0.15, -0.1) is 0 Å². The van der Waals surface area contributed by atoms with Crippen molar-refractivity contribution in [2.45, 2.75) is 0 Å². The van der Waals surface area contributed by atoms with Crippen LogP contribution in [-0.2, 0) is 0 Å². The summed E-state index contributed by atoms with van der Waals surface area (Å²) in [6.45, 7) is 0. The zero-order chi connectivity index (χ0) is 22.9. The molecule has 164 valence electrons. The van der Waals surface area contributed by atoms with Crippen molar-refractivity contribution in [3.8, 4) is 0 Å². The molecule has 0 aliphatic carbocycles. The summed E-state index contributed by atoms with van der Waals surface area (Å²) >= 11 is 0. The molecule has 0 aliphatic heterocycles. The van der Waals surface area contributed by atoms with Gasteiger partial charge in [-0.3, -0.25) is 0 Å². The third-order valence-corrected chi connectivity index (χ3v) is 5.82. The van der Waals surface area contributed by atoms with Crippen molar-refractivity contribution in [3.05, 3.63) is 70.8 Å². The van der Waals surface area contributed by atoms with Crippen LogP contribution in [0.1, 0.15) is 41.4 Å². The first-order valence-corrected chi connectivity index (χ1v) is 9.35. The van der Waals surface area contributed by atoms with Gasteiger partial charge in [-0.25, -0.2) is 19.2 Å². The van der Waals surface area contributed by atoms with E-state index in [0.717, 1.165) is 0 Å². The van der Waals surface area contributed by atoms with Crippen LogP contribution >= 0.6 is 0 Å². The molecule has 5 aromatic carbocycles. The molecule has 36 heavy (non-hydrogen) atoms. The first-order chi connectivity index (χ1) is 15.2. The minimum absolute atomic E-state index is 0. The average molecular weight is 589 g/mol. The summed E-state index contributed by atoms with van der Waals surface area (Å²) in [5.74, 6) is -5.13. The summed E-state index contributed by atoms with van der Waals surface area (Å²) in [5, 5.41) is 41.7. The Morgan fingerprint density at radius 1 is 0.361 bits per heavy atom.